The average molecular weight is 362 g/mol. The molecule has 1 aliphatic rings. The average Bonchev–Trinajstić information content (AvgIpc) is 3.01. The van der Waals surface area contributed by atoms with E-state index >= 15 is 0 Å². The van der Waals surface area contributed by atoms with Crippen LogP contribution in [0.15, 0.2) is 46.9 Å². The summed E-state index contributed by atoms with van der Waals surface area (Å²) in [6.07, 6.45) is 2.20. The Kier molecular flexibility index (Phi) is 4.69. The van der Waals surface area contributed by atoms with Crippen molar-refractivity contribution in [1.82, 2.24) is 0 Å². The van der Waals surface area contributed by atoms with Crippen molar-refractivity contribution in [3.63, 3.8) is 0 Å². The summed E-state index contributed by atoms with van der Waals surface area (Å²) in [6.45, 7) is 3.26. The lowest BCUT2D eigenvalue weighted by Gasteiger charge is -2.25. The minimum atomic E-state index is 0.218. The molecule has 22 heavy (non-hydrogen) atoms. The summed E-state index contributed by atoms with van der Waals surface area (Å²) in [5.74, 6) is 1.68. The smallest absolute Gasteiger partial charge is 0.131 e. The Morgan fingerprint density at radius 1 is 1.23 bits per heavy atom. The first-order valence-electron chi connectivity index (χ1n) is 7.59. The molecule has 2 aromatic rings. The molecule has 0 aromatic heterocycles. The molecule has 1 heterocycles. The minimum Gasteiger partial charge on any atom is -0.457 e. The number of halogens is 1. The second-order valence-electron chi connectivity index (χ2n) is 5.63. The third-order valence-corrected chi connectivity index (χ3v) is 5.06. The Morgan fingerprint density at radius 2 is 2.00 bits per heavy atom. The van der Waals surface area contributed by atoms with Crippen molar-refractivity contribution >= 4 is 21.6 Å². The molecule has 0 bridgehead atoms. The highest BCUT2D eigenvalue weighted by Crippen LogP contribution is 2.32. The molecule has 2 aromatic carbocycles. The van der Waals surface area contributed by atoms with Crippen LogP contribution in [0.2, 0.25) is 0 Å². The Balaban J connectivity index is 1.76. The fourth-order valence-electron chi connectivity index (χ4n) is 2.90. The quantitative estimate of drug-likeness (QED) is 0.869. The van der Waals surface area contributed by atoms with Crippen LogP contribution >= 0.6 is 15.9 Å². The van der Waals surface area contributed by atoms with E-state index in [9.17, 15) is 5.11 Å². The van der Waals surface area contributed by atoms with Crippen LogP contribution in [0.5, 0.6) is 11.5 Å². The Hall–Kier alpha value is -1.52. The summed E-state index contributed by atoms with van der Waals surface area (Å²) in [7, 11) is 0. The van der Waals surface area contributed by atoms with E-state index in [4.69, 9.17) is 4.74 Å². The van der Waals surface area contributed by atoms with Gasteiger partial charge < -0.3 is 14.7 Å². The molecule has 116 valence electrons. The zero-order valence-electron chi connectivity index (χ0n) is 12.6. The molecule has 3 rings (SSSR count). The van der Waals surface area contributed by atoms with Crippen molar-refractivity contribution < 1.29 is 9.84 Å². The maximum absolute atomic E-state index is 9.43. The second kappa shape index (κ2) is 6.71. The number of aliphatic hydroxyl groups is 1. The van der Waals surface area contributed by atoms with E-state index in [1.54, 1.807) is 0 Å². The Bertz CT molecular complexity index is 642. The van der Waals surface area contributed by atoms with Crippen molar-refractivity contribution in [2.24, 2.45) is 0 Å². The van der Waals surface area contributed by atoms with Gasteiger partial charge in [-0.05, 0) is 56.2 Å². The molecule has 1 aliphatic heterocycles. The molecule has 0 spiro atoms. The van der Waals surface area contributed by atoms with Crippen molar-refractivity contribution in [2.75, 3.05) is 18.1 Å². The van der Waals surface area contributed by atoms with Gasteiger partial charge in [-0.3, -0.25) is 0 Å². The van der Waals surface area contributed by atoms with E-state index in [2.05, 4.69) is 33.0 Å². The third kappa shape index (κ3) is 3.13. The standard InChI is InChI=1S/C18H20BrNO2/c1-13-17(19)5-2-6-18(13)22-16-9-7-14(8-10-16)20-11-3-4-15(20)12-21/h2,5-10,15,21H,3-4,11-12H2,1H3. The number of benzene rings is 2. The number of nitrogens with zero attached hydrogens (tertiary/aromatic N) is 1. The van der Waals surface area contributed by atoms with Crippen LogP contribution in [0.4, 0.5) is 5.69 Å². The predicted molar refractivity (Wildman–Crippen MR) is 92.8 cm³/mol. The topological polar surface area (TPSA) is 32.7 Å². The van der Waals surface area contributed by atoms with E-state index < -0.39 is 0 Å². The monoisotopic (exact) mass is 361 g/mol. The molecule has 1 atom stereocenters. The van der Waals surface area contributed by atoms with E-state index in [1.807, 2.05) is 37.3 Å². The number of ether oxygens (including phenoxy) is 1. The van der Waals surface area contributed by atoms with Gasteiger partial charge in [0.1, 0.15) is 11.5 Å². The second-order valence-corrected chi connectivity index (χ2v) is 6.49. The lowest BCUT2D eigenvalue weighted by molar-refractivity contribution is 0.266. The van der Waals surface area contributed by atoms with Crippen LogP contribution in [-0.4, -0.2) is 24.3 Å². The van der Waals surface area contributed by atoms with Gasteiger partial charge in [0, 0.05) is 22.3 Å². The normalized spacial score (nSPS) is 17.8. The van der Waals surface area contributed by atoms with Gasteiger partial charge in [0.05, 0.1) is 12.6 Å². The molecule has 0 saturated carbocycles. The van der Waals surface area contributed by atoms with Crippen molar-refractivity contribution in [3.05, 3.63) is 52.5 Å². The molecule has 0 radical (unpaired) electrons. The molecular formula is C18H20BrNO2. The number of aliphatic hydroxyl groups excluding tert-OH is 1. The predicted octanol–water partition coefficient (Wildman–Crippen LogP) is 4.51. The SMILES string of the molecule is Cc1c(Br)cccc1Oc1ccc(N2CCCC2CO)cc1. The number of anilines is 1. The minimum absolute atomic E-state index is 0.218. The zero-order valence-corrected chi connectivity index (χ0v) is 14.2. The highest BCUT2D eigenvalue weighted by atomic mass is 79.9. The van der Waals surface area contributed by atoms with Crippen molar-refractivity contribution in [1.29, 1.82) is 0 Å². The van der Waals surface area contributed by atoms with Gasteiger partial charge in [0.2, 0.25) is 0 Å². The van der Waals surface area contributed by atoms with Crippen LogP contribution in [0, 0.1) is 6.92 Å². The van der Waals surface area contributed by atoms with Crippen LogP contribution < -0.4 is 9.64 Å². The lowest BCUT2D eigenvalue weighted by Crippen LogP contribution is -2.31. The van der Waals surface area contributed by atoms with Crippen LogP contribution in [0.3, 0.4) is 0 Å². The van der Waals surface area contributed by atoms with E-state index in [-0.39, 0.29) is 12.6 Å². The largest absolute Gasteiger partial charge is 0.457 e. The summed E-state index contributed by atoms with van der Waals surface area (Å²) in [6, 6.07) is 14.3. The Morgan fingerprint density at radius 3 is 2.73 bits per heavy atom. The van der Waals surface area contributed by atoms with Gasteiger partial charge >= 0.3 is 0 Å². The lowest BCUT2D eigenvalue weighted by atomic mass is 10.2. The van der Waals surface area contributed by atoms with Gasteiger partial charge in [-0.2, -0.15) is 0 Å². The molecule has 4 heteroatoms. The summed E-state index contributed by atoms with van der Waals surface area (Å²) < 4.78 is 7.01. The van der Waals surface area contributed by atoms with Crippen LogP contribution in [0.1, 0.15) is 18.4 Å². The van der Waals surface area contributed by atoms with Crippen LogP contribution in [0.25, 0.3) is 0 Å². The number of rotatable bonds is 4. The summed E-state index contributed by atoms with van der Waals surface area (Å²) >= 11 is 3.52. The summed E-state index contributed by atoms with van der Waals surface area (Å²) in [5, 5.41) is 9.43. The Labute approximate surface area is 139 Å². The van der Waals surface area contributed by atoms with Crippen LogP contribution in [-0.2, 0) is 0 Å². The molecule has 1 N–H and O–H groups in total. The van der Waals surface area contributed by atoms with Gasteiger partial charge in [-0.1, -0.05) is 22.0 Å². The number of hydrogen-bond acceptors (Lipinski definition) is 3. The van der Waals surface area contributed by atoms with E-state index in [0.29, 0.717) is 0 Å². The molecule has 0 aliphatic carbocycles. The molecular weight excluding hydrogens is 342 g/mol. The van der Waals surface area contributed by atoms with Gasteiger partial charge in [0.25, 0.3) is 0 Å². The first-order valence-corrected chi connectivity index (χ1v) is 8.39. The first kappa shape index (κ1) is 15.4. The summed E-state index contributed by atoms with van der Waals surface area (Å²) in [4.78, 5) is 2.27. The molecule has 3 nitrogen and oxygen atoms in total. The zero-order chi connectivity index (χ0) is 15.5. The fourth-order valence-corrected chi connectivity index (χ4v) is 3.24. The third-order valence-electron chi connectivity index (χ3n) is 4.20. The molecule has 1 fully saturated rings. The van der Waals surface area contributed by atoms with Crippen molar-refractivity contribution in [2.45, 2.75) is 25.8 Å². The highest BCUT2D eigenvalue weighted by Gasteiger charge is 2.23. The van der Waals surface area contributed by atoms with Gasteiger partial charge in [-0.25, -0.2) is 0 Å². The maximum atomic E-state index is 9.43. The summed E-state index contributed by atoms with van der Waals surface area (Å²) in [5.41, 5.74) is 2.24. The highest BCUT2D eigenvalue weighted by molar-refractivity contribution is 9.10. The van der Waals surface area contributed by atoms with E-state index in [0.717, 1.165) is 46.6 Å². The first-order chi connectivity index (χ1) is 10.7. The van der Waals surface area contributed by atoms with Crippen molar-refractivity contribution in [3.8, 4) is 11.5 Å². The fraction of sp³-hybridized carbons (Fsp3) is 0.333. The molecule has 1 unspecified atom stereocenters. The van der Waals surface area contributed by atoms with Gasteiger partial charge in [-0.15, -0.1) is 0 Å². The maximum Gasteiger partial charge on any atom is 0.131 e. The number of hydrogen-bond donors (Lipinski definition) is 1. The van der Waals surface area contributed by atoms with Gasteiger partial charge in [0.15, 0.2) is 0 Å². The molecule has 1 saturated heterocycles. The molecule has 0 amide bonds. The van der Waals surface area contributed by atoms with E-state index in [1.165, 1.54) is 0 Å².